The molecule has 0 atom stereocenters. The van der Waals surface area contributed by atoms with Crippen molar-refractivity contribution in [2.24, 2.45) is 0 Å². The molecule has 21 heavy (non-hydrogen) atoms. The number of carbonyl (C=O) groups excluding carboxylic acids is 1. The number of H-pyrrole nitrogens is 1. The van der Waals surface area contributed by atoms with Gasteiger partial charge in [0.2, 0.25) is 5.91 Å². The van der Waals surface area contributed by atoms with Gasteiger partial charge in [-0.1, -0.05) is 12.1 Å². The molecule has 1 aromatic heterocycles. The number of hydrogen-bond acceptors (Lipinski definition) is 4. The number of amides is 1. The highest BCUT2D eigenvalue weighted by Crippen LogP contribution is 2.06. The van der Waals surface area contributed by atoms with Gasteiger partial charge in [0.15, 0.2) is 5.82 Å². The van der Waals surface area contributed by atoms with E-state index in [-0.39, 0.29) is 5.91 Å². The van der Waals surface area contributed by atoms with Crippen molar-refractivity contribution in [1.29, 1.82) is 5.26 Å². The minimum atomic E-state index is -0.137. The molecule has 0 aliphatic heterocycles. The summed E-state index contributed by atoms with van der Waals surface area (Å²) in [5, 5.41) is 15.4. The first-order chi connectivity index (χ1) is 10.1. The zero-order chi connectivity index (χ0) is 15.2. The molecule has 6 nitrogen and oxygen atoms in total. The normalized spacial score (nSPS) is 10.5. The fourth-order valence-corrected chi connectivity index (χ4v) is 1.71. The number of aryl methyl sites for hydroxylation is 1. The van der Waals surface area contributed by atoms with E-state index >= 15 is 0 Å². The van der Waals surface area contributed by atoms with E-state index in [4.69, 9.17) is 5.26 Å². The first kappa shape index (κ1) is 14.5. The van der Waals surface area contributed by atoms with Crippen LogP contribution < -0.4 is 0 Å². The predicted octanol–water partition coefficient (Wildman–Crippen LogP) is 1.66. The van der Waals surface area contributed by atoms with E-state index in [1.165, 1.54) is 11.0 Å². The van der Waals surface area contributed by atoms with Crippen LogP contribution >= 0.6 is 0 Å². The molecule has 0 spiro atoms. The van der Waals surface area contributed by atoms with Crippen molar-refractivity contribution in [3.63, 3.8) is 0 Å². The van der Waals surface area contributed by atoms with Crippen LogP contribution in [0.4, 0.5) is 0 Å². The zero-order valence-electron chi connectivity index (χ0n) is 11.9. The van der Waals surface area contributed by atoms with Crippen LogP contribution in [0.5, 0.6) is 0 Å². The average Bonchev–Trinajstić information content (AvgIpc) is 2.90. The molecule has 106 valence electrons. The Balaban J connectivity index is 1.96. The molecule has 1 aromatic carbocycles. The van der Waals surface area contributed by atoms with Gasteiger partial charge in [-0.25, -0.2) is 4.98 Å². The van der Waals surface area contributed by atoms with Crippen LogP contribution in [0, 0.1) is 18.3 Å². The fraction of sp³-hybridized carbons (Fsp3) is 0.200. The lowest BCUT2D eigenvalue weighted by molar-refractivity contribution is -0.125. The Morgan fingerprint density at radius 3 is 2.71 bits per heavy atom. The molecule has 0 radical (unpaired) electrons. The number of aromatic nitrogens is 3. The van der Waals surface area contributed by atoms with Crippen molar-refractivity contribution in [3.8, 4) is 6.07 Å². The number of nitrogens with zero attached hydrogens (tertiary/aromatic N) is 4. The summed E-state index contributed by atoms with van der Waals surface area (Å²) in [5.41, 5.74) is 1.46. The van der Waals surface area contributed by atoms with Crippen molar-refractivity contribution in [2.75, 3.05) is 7.05 Å². The van der Waals surface area contributed by atoms with Crippen molar-refractivity contribution < 1.29 is 4.79 Å². The lowest BCUT2D eigenvalue weighted by Gasteiger charge is -2.12. The Hall–Kier alpha value is -2.94. The van der Waals surface area contributed by atoms with Crippen LogP contribution in [0.2, 0.25) is 0 Å². The summed E-state index contributed by atoms with van der Waals surface area (Å²) in [5.74, 6) is 1.16. The van der Waals surface area contributed by atoms with Crippen LogP contribution in [0.15, 0.2) is 30.3 Å². The number of nitriles is 1. The van der Waals surface area contributed by atoms with Crippen LogP contribution in [-0.4, -0.2) is 33.0 Å². The highest BCUT2D eigenvalue weighted by atomic mass is 16.2. The maximum absolute atomic E-state index is 12.0. The van der Waals surface area contributed by atoms with E-state index in [0.717, 1.165) is 11.4 Å². The second kappa shape index (κ2) is 6.48. The summed E-state index contributed by atoms with van der Waals surface area (Å²) in [6.45, 7) is 2.16. The highest BCUT2D eigenvalue weighted by molar-refractivity contribution is 5.91. The summed E-state index contributed by atoms with van der Waals surface area (Å²) in [6.07, 6.45) is 3.20. The van der Waals surface area contributed by atoms with E-state index in [0.29, 0.717) is 17.9 Å². The van der Waals surface area contributed by atoms with Crippen LogP contribution in [0.25, 0.3) is 6.08 Å². The van der Waals surface area contributed by atoms with Crippen molar-refractivity contribution in [3.05, 3.63) is 53.1 Å². The molecular weight excluding hydrogens is 266 g/mol. The summed E-state index contributed by atoms with van der Waals surface area (Å²) in [6, 6.07) is 9.06. The molecule has 1 amide bonds. The standard InChI is InChI=1S/C15H15N5O/c1-11-17-14(19-18-11)10-20(2)15(21)8-7-12-3-5-13(9-16)6-4-12/h3-8H,10H2,1-2H3,(H,17,18,19). The quantitative estimate of drug-likeness (QED) is 0.863. The Morgan fingerprint density at radius 1 is 1.43 bits per heavy atom. The van der Waals surface area contributed by atoms with Crippen molar-refractivity contribution in [1.82, 2.24) is 20.1 Å². The summed E-state index contributed by atoms with van der Waals surface area (Å²) >= 11 is 0. The number of benzene rings is 1. The molecule has 0 saturated heterocycles. The average molecular weight is 281 g/mol. The van der Waals surface area contributed by atoms with Gasteiger partial charge < -0.3 is 4.90 Å². The van der Waals surface area contributed by atoms with E-state index in [2.05, 4.69) is 21.3 Å². The summed E-state index contributed by atoms with van der Waals surface area (Å²) in [4.78, 5) is 17.7. The molecule has 0 aliphatic carbocycles. The van der Waals surface area contributed by atoms with Gasteiger partial charge >= 0.3 is 0 Å². The van der Waals surface area contributed by atoms with Crippen LogP contribution in [-0.2, 0) is 11.3 Å². The molecule has 0 aliphatic rings. The Morgan fingerprint density at radius 2 is 2.14 bits per heavy atom. The Labute approximate surface area is 122 Å². The molecule has 0 fully saturated rings. The van der Waals surface area contributed by atoms with E-state index in [9.17, 15) is 4.79 Å². The zero-order valence-corrected chi connectivity index (χ0v) is 11.9. The van der Waals surface area contributed by atoms with Gasteiger partial charge in [0.25, 0.3) is 0 Å². The molecule has 0 saturated carbocycles. The number of nitrogens with one attached hydrogen (secondary N) is 1. The Kier molecular flexibility index (Phi) is 4.46. The smallest absolute Gasteiger partial charge is 0.246 e. The van der Waals surface area contributed by atoms with Crippen molar-refractivity contribution >= 4 is 12.0 Å². The van der Waals surface area contributed by atoms with Gasteiger partial charge in [-0.2, -0.15) is 10.4 Å². The van der Waals surface area contributed by atoms with E-state index in [1.54, 1.807) is 37.4 Å². The Bertz CT molecular complexity index is 694. The van der Waals surface area contributed by atoms with Gasteiger partial charge in [-0.05, 0) is 30.7 Å². The summed E-state index contributed by atoms with van der Waals surface area (Å²) in [7, 11) is 1.69. The second-order valence-electron chi connectivity index (χ2n) is 4.60. The number of hydrogen-bond donors (Lipinski definition) is 1. The topological polar surface area (TPSA) is 85.7 Å². The largest absolute Gasteiger partial charge is 0.335 e. The molecule has 1 heterocycles. The first-order valence-corrected chi connectivity index (χ1v) is 6.39. The van der Waals surface area contributed by atoms with E-state index < -0.39 is 0 Å². The molecular formula is C15H15N5O. The molecule has 2 rings (SSSR count). The number of rotatable bonds is 4. The minimum absolute atomic E-state index is 0.137. The van der Waals surface area contributed by atoms with Gasteiger partial charge in [0.05, 0.1) is 18.2 Å². The second-order valence-corrected chi connectivity index (χ2v) is 4.60. The highest BCUT2D eigenvalue weighted by Gasteiger charge is 2.08. The number of likely N-dealkylation sites (N-methyl/N-ethyl adjacent to an activating group) is 1. The third kappa shape index (κ3) is 4.01. The molecule has 2 aromatic rings. The molecule has 0 bridgehead atoms. The summed E-state index contributed by atoms with van der Waals surface area (Å²) < 4.78 is 0. The molecule has 1 N–H and O–H groups in total. The van der Waals surface area contributed by atoms with Gasteiger partial charge in [0, 0.05) is 13.1 Å². The predicted molar refractivity (Wildman–Crippen MR) is 77.8 cm³/mol. The lowest BCUT2D eigenvalue weighted by Crippen LogP contribution is -2.24. The third-order valence-electron chi connectivity index (χ3n) is 2.86. The van der Waals surface area contributed by atoms with Gasteiger partial charge in [0.1, 0.15) is 5.82 Å². The monoisotopic (exact) mass is 281 g/mol. The third-order valence-corrected chi connectivity index (χ3v) is 2.86. The van der Waals surface area contributed by atoms with Gasteiger partial charge in [-0.15, -0.1) is 0 Å². The van der Waals surface area contributed by atoms with Crippen molar-refractivity contribution in [2.45, 2.75) is 13.5 Å². The van der Waals surface area contributed by atoms with E-state index in [1.807, 2.05) is 6.92 Å². The minimum Gasteiger partial charge on any atom is -0.335 e. The fourth-order valence-electron chi connectivity index (χ4n) is 1.71. The SMILES string of the molecule is Cc1nc(CN(C)C(=O)C=Cc2ccc(C#N)cc2)n[nH]1. The van der Waals surface area contributed by atoms with Crippen LogP contribution in [0.3, 0.4) is 0 Å². The maximum Gasteiger partial charge on any atom is 0.246 e. The van der Waals surface area contributed by atoms with Crippen LogP contribution in [0.1, 0.15) is 22.8 Å². The maximum atomic E-state index is 12.0. The molecule has 6 heteroatoms. The number of carbonyl (C=O) groups is 1. The lowest BCUT2D eigenvalue weighted by atomic mass is 10.1. The number of aromatic amines is 1. The van der Waals surface area contributed by atoms with Gasteiger partial charge in [-0.3, -0.25) is 9.89 Å². The molecule has 0 unspecified atom stereocenters. The first-order valence-electron chi connectivity index (χ1n) is 6.39.